The molecular weight excluding hydrogens is 228 g/mol. The highest BCUT2D eigenvalue weighted by Crippen LogP contribution is 2.33. The Bertz CT molecular complexity index is 562. The molecule has 0 spiro atoms. The van der Waals surface area contributed by atoms with E-state index in [1.54, 1.807) is 19.1 Å². The Hall–Kier alpha value is -2.42. The molecule has 1 aromatic rings. The lowest BCUT2D eigenvalue weighted by Gasteiger charge is -1.99. The topological polar surface area (TPSA) is 114 Å². The SMILES string of the molecule is Cc1cc(N=C(N)/C=C(\N)C2CC2)nc(C#N)n1. The van der Waals surface area contributed by atoms with E-state index in [-0.39, 0.29) is 5.82 Å². The molecule has 0 saturated heterocycles. The van der Waals surface area contributed by atoms with Crippen LogP contribution in [0.2, 0.25) is 0 Å². The number of aliphatic imine (C=N–C) groups is 1. The number of rotatable bonds is 3. The van der Waals surface area contributed by atoms with Gasteiger partial charge in [-0.3, -0.25) is 0 Å². The molecule has 92 valence electrons. The molecule has 1 saturated carbocycles. The molecule has 6 heteroatoms. The molecule has 1 heterocycles. The predicted octanol–water partition coefficient (Wildman–Crippen LogP) is 0.898. The van der Waals surface area contributed by atoms with E-state index in [0.717, 1.165) is 18.5 Å². The first kappa shape index (κ1) is 12.0. The van der Waals surface area contributed by atoms with Gasteiger partial charge in [-0.05, 0) is 31.8 Å². The van der Waals surface area contributed by atoms with E-state index in [0.29, 0.717) is 23.3 Å². The van der Waals surface area contributed by atoms with Gasteiger partial charge in [0.15, 0.2) is 5.82 Å². The summed E-state index contributed by atoms with van der Waals surface area (Å²) in [5, 5.41) is 8.76. The van der Waals surface area contributed by atoms with E-state index in [9.17, 15) is 0 Å². The summed E-state index contributed by atoms with van der Waals surface area (Å²) in [5.74, 6) is 1.19. The first-order chi connectivity index (χ1) is 8.58. The number of amidine groups is 1. The summed E-state index contributed by atoms with van der Waals surface area (Å²) < 4.78 is 0. The first-order valence-electron chi connectivity index (χ1n) is 5.65. The van der Waals surface area contributed by atoms with Gasteiger partial charge >= 0.3 is 0 Å². The summed E-state index contributed by atoms with van der Waals surface area (Å²) in [6.45, 7) is 1.77. The standard InChI is InChI=1S/C12H14N6/c1-7-4-11(18-12(6-13)16-7)17-10(15)5-9(14)8-2-3-8/h4-5,8H,2-3,14H2,1H3,(H2,15,16,17,18)/b9-5-. The molecule has 6 nitrogen and oxygen atoms in total. The van der Waals surface area contributed by atoms with Crippen LogP contribution in [-0.4, -0.2) is 15.8 Å². The number of nitrogens with zero attached hydrogens (tertiary/aromatic N) is 4. The van der Waals surface area contributed by atoms with Gasteiger partial charge in [-0.1, -0.05) is 0 Å². The van der Waals surface area contributed by atoms with Crippen molar-refractivity contribution in [2.75, 3.05) is 0 Å². The maximum Gasteiger partial charge on any atom is 0.234 e. The summed E-state index contributed by atoms with van der Waals surface area (Å²) in [7, 11) is 0. The summed E-state index contributed by atoms with van der Waals surface area (Å²) in [6.07, 6.45) is 3.88. The van der Waals surface area contributed by atoms with Crippen molar-refractivity contribution in [1.29, 1.82) is 5.26 Å². The molecule has 4 N–H and O–H groups in total. The number of hydrogen-bond acceptors (Lipinski definition) is 5. The van der Waals surface area contributed by atoms with Crippen molar-refractivity contribution in [2.24, 2.45) is 22.4 Å². The minimum atomic E-state index is 0.0840. The lowest BCUT2D eigenvalue weighted by molar-refractivity contribution is 0.982. The molecule has 18 heavy (non-hydrogen) atoms. The van der Waals surface area contributed by atoms with E-state index in [4.69, 9.17) is 16.7 Å². The van der Waals surface area contributed by atoms with Crippen LogP contribution in [0, 0.1) is 24.2 Å². The third kappa shape index (κ3) is 3.04. The fraction of sp³-hybridized carbons (Fsp3) is 0.333. The minimum absolute atomic E-state index is 0.0840. The number of nitrogens with two attached hydrogens (primary N) is 2. The second-order valence-corrected chi connectivity index (χ2v) is 4.26. The minimum Gasteiger partial charge on any atom is -0.402 e. The van der Waals surface area contributed by atoms with Crippen molar-refractivity contribution in [1.82, 2.24) is 9.97 Å². The Labute approximate surface area is 105 Å². The van der Waals surface area contributed by atoms with Gasteiger partial charge in [0.2, 0.25) is 5.82 Å². The van der Waals surface area contributed by atoms with Crippen LogP contribution in [0.5, 0.6) is 0 Å². The molecule has 0 unspecified atom stereocenters. The molecule has 0 atom stereocenters. The first-order valence-corrected chi connectivity index (χ1v) is 5.65. The zero-order chi connectivity index (χ0) is 13.1. The largest absolute Gasteiger partial charge is 0.402 e. The second kappa shape index (κ2) is 4.84. The molecule has 0 amide bonds. The quantitative estimate of drug-likeness (QED) is 0.603. The molecule has 1 aliphatic rings. The second-order valence-electron chi connectivity index (χ2n) is 4.26. The highest BCUT2D eigenvalue weighted by molar-refractivity contribution is 5.93. The normalized spacial score (nSPS) is 16.4. The van der Waals surface area contributed by atoms with E-state index in [1.807, 2.05) is 6.07 Å². The van der Waals surface area contributed by atoms with E-state index in [2.05, 4.69) is 15.0 Å². The van der Waals surface area contributed by atoms with Crippen LogP contribution in [0.3, 0.4) is 0 Å². The summed E-state index contributed by atoms with van der Waals surface area (Å²) in [5.41, 5.74) is 13.0. The Morgan fingerprint density at radius 1 is 1.50 bits per heavy atom. The zero-order valence-corrected chi connectivity index (χ0v) is 10.1. The van der Waals surface area contributed by atoms with E-state index < -0.39 is 0 Å². The number of nitriles is 1. The molecule has 1 aromatic heterocycles. The molecule has 1 fully saturated rings. The average molecular weight is 242 g/mol. The lowest BCUT2D eigenvalue weighted by Crippen LogP contribution is -2.12. The molecule has 0 aliphatic heterocycles. The maximum atomic E-state index is 8.76. The van der Waals surface area contributed by atoms with Crippen LogP contribution in [0.1, 0.15) is 24.4 Å². The monoisotopic (exact) mass is 242 g/mol. The van der Waals surface area contributed by atoms with Crippen LogP contribution in [-0.2, 0) is 0 Å². The van der Waals surface area contributed by atoms with Gasteiger partial charge in [-0.25, -0.2) is 9.98 Å². The Morgan fingerprint density at radius 2 is 2.22 bits per heavy atom. The fourth-order valence-corrected chi connectivity index (χ4v) is 1.53. The van der Waals surface area contributed by atoms with Gasteiger partial charge in [0.25, 0.3) is 0 Å². The Balaban J connectivity index is 2.24. The van der Waals surface area contributed by atoms with Gasteiger partial charge in [0, 0.05) is 17.5 Å². The van der Waals surface area contributed by atoms with Crippen LogP contribution in [0.15, 0.2) is 22.8 Å². The summed E-state index contributed by atoms with van der Waals surface area (Å²) >= 11 is 0. The van der Waals surface area contributed by atoms with Crippen LogP contribution in [0.4, 0.5) is 5.82 Å². The third-order valence-electron chi connectivity index (χ3n) is 2.55. The van der Waals surface area contributed by atoms with Gasteiger partial charge in [0.05, 0.1) is 0 Å². The van der Waals surface area contributed by atoms with Crippen molar-refractivity contribution < 1.29 is 0 Å². The smallest absolute Gasteiger partial charge is 0.234 e. The Morgan fingerprint density at radius 3 is 2.83 bits per heavy atom. The van der Waals surface area contributed by atoms with Gasteiger partial charge < -0.3 is 11.5 Å². The summed E-state index contributed by atoms with van der Waals surface area (Å²) in [4.78, 5) is 12.0. The average Bonchev–Trinajstić information content (AvgIpc) is 3.11. The van der Waals surface area contributed by atoms with E-state index >= 15 is 0 Å². The van der Waals surface area contributed by atoms with Gasteiger partial charge in [0.1, 0.15) is 11.9 Å². The zero-order valence-electron chi connectivity index (χ0n) is 10.1. The Kier molecular flexibility index (Phi) is 3.24. The number of aromatic nitrogens is 2. The third-order valence-corrected chi connectivity index (χ3v) is 2.55. The summed E-state index contributed by atoms with van der Waals surface area (Å²) in [6, 6.07) is 3.54. The van der Waals surface area contributed by atoms with Crippen molar-refractivity contribution in [2.45, 2.75) is 19.8 Å². The number of aryl methyl sites for hydroxylation is 1. The highest BCUT2D eigenvalue weighted by atomic mass is 15.0. The number of allylic oxidation sites excluding steroid dienone is 1. The maximum absolute atomic E-state index is 8.76. The van der Waals surface area contributed by atoms with E-state index in [1.165, 1.54) is 0 Å². The molecule has 0 bridgehead atoms. The highest BCUT2D eigenvalue weighted by Gasteiger charge is 2.23. The number of hydrogen-bond donors (Lipinski definition) is 2. The predicted molar refractivity (Wildman–Crippen MR) is 67.8 cm³/mol. The molecule has 2 rings (SSSR count). The van der Waals surface area contributed by atoms with Crippen molar-refractivity contribution in [3.05, 3.63) is 29.4 Å². The molecule has 0 aromatic carbocycles. The molecular formula is C12H14N6. The van der Waals surface area contributed by atoms with Gasteiger partial charge in [-0.15, -0.1) is 0 Å². The van der Waals surface area contributed by atoms with Crippen LogP contribution >= 0.6 is 0 Å². The molecule has 1 aliphatic carbocycles. The lowest BCUT2D eigenvalue weighted by atomic mass is 10.3. The van der Waals surface area contributed by atoms with Crippen LogP contribution < -0.4 is 11.5 Å². The molecule has 0 radical (unpaired) electrons. The van der Waals surface area contributed by atoms with Crippen molar-refractivity contribution in [3.8, 4) is 6.07 Å². The van der Waals surface area contributed by atoms with Crippen molar-refractivity contribution >= 4 is 11.7 Å². The van der Waals surface area contributed by atoms with Crippen molar-refractivity contribution in [3.63, 3.8) is 0 Å². The van der Waals surface area contributed by atoms with Gasteiger partial charge in [-0.2, -0.15) is 10.2 Å². The fourth-order valence-electron chi connectivity index (χ4n) is 1.53. The van der Waals surface area contributed by atoms with Crippen LogP contribution in [0.25, 0.3) is 0 Å².